The van der Waals surface area contributed by atoms with E-state index in [1.165, 1.54) is 22.3 Å². The number of benzene rings is 2. The number of unbranched alkanes of at least 4 members (excludes halogenated alkanes) is 1. The van der Waals surface area contributed by atoms with Crippen LogP contribution in [0.5, 0.6) is 5.75 Å². The molecule has 2 aromatic rings. The molecule has 1 heterocycles. The number of fused-ring (bicyclic) bond motifs is 1. The van der Waals surface area contributed by atoms with Crippen LogP contribution in [0, 0.1) is 6.92 Å². The minimum atomic E-state index is -0.219. The molecule has 2 heteroatoms. The van der Waals surface area contributed by atoms with Crippen LogP contribution < -0.4 is 4.74 Å². The molecule has 22 heavy (non-hydrogen) atoms. The average molecular weight is 298 g/mol. The molecule has 3 rings (SSSR count). The molecular formula is C20H23FO. The smallest absolute Gasteiger partial charge is 0.122 e. The Morgan fingerprint density at radius 2 is 1.82 bits per heavy atom. The van der Waals surface area contributed by atoms with Gasteiger partial charge in [-0.2, -0.15) is 0 Å². The predicted molar refractivity (Wildman–Crippen MR) is 89.2 cm³/mol. The van der Waals surface area contributed by atoms with Crippen molar-refractivity contribution in [3.05, 3.63) is 53.6 Å². The van der Waals surface area contributed by atoms with Gasteiger partial charge in [-0.25, -0.2) is 0 Å². The van der Waals surface area contributed by atoms with Gasteiger partial charge >= 0.3 is 0 Å². The van der Waals surface area contributed by atoms with Crippen LogP contribution in [0.3, 0.4) is 0 Å². The fraction of sp³-hybridized carbons (Fsp3) is 0.400. The minimum Gasteiger partial charge on any atom is -0.490 e. The van der Waals surface area contributed by atoms with Crippen LogP contribution in [0.1, 0.15) is 36.8 Å². The number of halogens is 1. The summed E-state index contributed by atoms with van der Waals surface area (Å²) >= 11 is 0. The molecule has 2 aromatic carbocycles. The number of hydrogen-bond acceptors (Lipinski definition) is 1. The van der Waals surface area contributed by atoms with Crippen LogP contribution in [-0.4, -0.2) is 12.8 Å². The maximum atomic E-state index is 12.2. The number of rotatable bonds is 5. The van der Waals surface area contributed by atoms with Gasteiger partial charge in [0.05, 0.1) is 12.8 Å². The molecule has 1 aliphatic heterocycles. The zero-order valence-electron chi connectivity index (χ0n) is 13.1. The Labute approximate surface area is 132 Å². The summed E-state index contributed by atoms with van der Waals surface area (Å²) < 4.78 is 18.2. The lowest BCUT2D eigenvalue weighted by atomic mass is 9.95. The van der Waals surface area contributed by atoms with E-state index in [0.29, 0.717) is 6.42 Å². The molecule has 0 aliphatic carbocycles. The van der Waals surface area contributed by atoms with Crippen molar-refractivity contribution in [2.45, 2.75) is 45.1 Å². The molecular weight excluding hydrogens is 275 g/mol. The minimum absolute atomic E-state index is 0.219. The first-order valence-corrected chi connectivity index (χ1v) is 8.19. The molecule has 0 amide bonds. The summed E-state index contributed by atoms with van der Waals surface area (Å²) in [6, 6.07) is 15.1. The third-order valence-electron chi connectivity index (χ3n) is 4.38. The van der Waals surface area contributed by atoms with Crippen molar-refractivity contribution in [2.75, 3.05) is 6.67 Å². The SMILES string of the molecule is Cc1ccc(-c2ccc3c(c2)CCC(CCCCF)O3)cc1. The number of hydrogen-bond donors (Lipinski definition) is 0. The first-order valence-electron chi connectivity index (χ1n) is 8.19. The van der Waals surface area contributed by atoms with Gasteiger partial charge in [-0.05, 0) is 67.9 Å². The van der Waals surface area contributed by atoms with Crippen molar-refractivity contribution in [3.63, 3.8) is 0 Å². The normalized spacial score (nSPS) is 16.9. The standard InChI is InChI=1S/C20H23FO/c1-15-5-7-16(8-6-15)17-10-12-20-18(14-17)9-11-19(22-20)4-2-3-13-21/h5-8,10,12,14,19H,2-4,9,11,13H2,1H3. The molecule has 0 saturated carbocycles. The third-order valence-corrected chi connectivity index (χ3v) is 4.38. The van der Waals surface area contributed by atoms with Crippen LogP contribution in [0.2, 0.25) is 0 Å². The van der Waals surface area contributed by atoms with Gasteiger partial charge in [-0.15, -0.1) is 0 Å². The maximum Gasteiger partial charge on any atom is 0.122 e. The quantitative estimate of drug-likeness (QED) is 0.663. The van der Waals surface area contributed by atoms with Gasteiger partial charge in [-0.1, -0.05) is 35.9 Å². The second-order valence-electron chi connectivity index (χ2n) is 6.15. The number of aryl methyl sites for hydroxylation is 2. The monoisotopic (exact) mass is 298 g/mol. The molecule has 0 saturated heterocycles. The van der Waals surface area contributed by atoms with Crippen LogP contribution in [-0.2, 0) is 6.42 Å². The van der Waals surface area contributed by atoms with Crippen molar-refractivity contribution >= 4 is 0 Å². The summed E-state index contributed by atoms with van der Waals surface area (Å²) in [5.41, 5.74) is 5.07. The third kappa shape index (κ3) is 3.49. The lowest BCUT2D eigenvalue weighted by Crippen LogP contribution is -2.22. The van der Waals surface area contributed by atoms with E-state index in [-0.39, 0.29) is 12.8 Å². The van der Waals surface area contributed by atoms with Crippen molar-refractivity contribution in [3.8, 4) is 16.9 Å². The zero-order chi connectivity index (χ0) is 15.4. The maximum absolute atomic E-state index is 12.2. The summed E-state index contributed by atoms with van der Waals surface area (Å²) in [5, 5.41) is 0. The van der Waals surface area contributed by atoms with E-state index in [2.05, 4.69) is 49.4 Å². The largest absolute Gasteiger partial charge is 0.490 e. The Morgan fingerprint density at radius 1 is 1.05 bits per heavy atom. The molecule has 1 unspecified atom stereocenters. The highest BCUT2D eigenvalue weighted by molar-refractivity contribution is 5.66. The van der Waals surface area contributed by atoms with Crippen molar-refractivity contribution in [2.24, 2.45) is 0 Å². The van der Waals surface area contributed by atoms with Crippen LogP contribution >= 0.6 is 0 Å². The van der Waals surface area contributed by atoms with E-state index >= 15 is 0 Å². The Kier molecular flexibility index (Phi) is 4.77. The Morgan fingerprint density at radius 3 is 2.59 bits per heavy atom. The molecule has 1 aliphatic rings. The van der Waals surface area contributed by atoms with Crippen molar-refractivity contribution in [1.82, 2.24) is 0 Å². The second kappa shape index (κ2) is 6.95. The van der Waals surface area contributed by atoms with Gasteiger partial charge in [0.15, 0.2) is 0 Å². The Bertz CT molecular complexity index is 618. The lowest BCUT2D eigenvalue weighted by molar-refractivity contribution is 0.159. The molecule has 1 nitrogen and oxygen atoms in total. The van der Waals surface area contributed by atoms with Crippen molar-refractivity contribution < 1.29 is 9.13 Å². The number of ether oxygens (including phenoxy) is 1. The van der Waals surface area contributed by atoms with E-state index in [9.17, 15) is 4.39 Å². The topological polar surface area (TPSA) is 9.23 Å². The zero-order valence-corrected chi connectivity index (χ0v) is 13.1. The van der Waals surface area contributed by atoms with Crippen LogP contribution in [0.25, 0.3) is 11.1 Å². The molecule has 1 atom stereocenters. The molecule has 0 N–H and O–H groups in total. The second-order valence-corrected chi connectivity index (χ2v) is 6.15. The van der Waals surface area contributed by atoms with Gasteiger partial charge < -0.3 is 4.74 Å². The highest BCUT2D eigenvalue weighted by Crippen LogP contribution is 2.33. The molecule has 0 spiro atoms. The lowest BCUT2D eigenvalue weighted by Gasteiger charge is -2.26. The predicted octanol–water partition coefficient (Wildman–Crippen LogP) is 5.50. The van der Waals surface area contributed by atoms with E-state index in [1.54, 1.807) is 0 Å². The van der Waals surface area contributed by atoms with Gasteiger partial charge in [-0.3, -0.25) is 4.39 Å². The highest BCUT2D eigenvalue weighted by Gasteiger charge is 2.19. The molecule has 0 aromatic heterocycles. The highest BCUT2D eigenvalue weighted by atomic mass is 19.1. The Hall–Kier alpha value is -1.83. The van der Waals surface area contributed by atoms with Gasteiger partial charge in [0, 0.05) is 0 Å². The fourth-order valence-corrected chi connectivity index (χ4v) is 3.04. The summed E-state index contributed by atoms with van der Waals surface area (Å²) in [6.45, 7) is 1.89. The number of alkyl halides is 1. The summed E-state index contributed by atoms with van der Waals surface area (Å²) in [6.07, 6.45) is 4.87. The van der Waals surface area contributed by atoms with Crippen LogP contribution in [0.15, 0.2) is 42.5 Å². The first-order chi connectivity index (χ1) is 10.8. The molecule has 116 valence electrons. The Balaban J connectivity index is 1.72. The van der Waals surface area contributed by atoms with Gasteiger partial charge in [0.2, 0.25) is 0 Å². The van der Waals surface area contributed by atoms with Gasteiger partial charge in [0.1, 0.15) is 5.75 Å². The van der Waals surface area contributed by atoms with E-state index in [4.69, 9.17) is 4.74 Å². The van der Waals surface area contributed by atoms with E-state index < -0.39 is 0 Å². The van der Waals surface area contributed by atoms with Crippen molar-refractivity contribution in [1.29, 1.82) is 0 Å². The average Bonchev–Trinajstić information content (AvgIpc) is 2.55. The summed E-state index contributed by atoms with van der Waals surface area (Å²) in [7, 11) is 0. The molecule has 0 radical (unpaired) electrons. The fourth-order valence-electron chi connectivity index (χ4n) is 3.04. The first kappa shape index (κ1) is 15.1. The summed E-state index contributed by atoms with van der Waals surface area (Å²) in [5.74, 6) is 1.01. The van der Waals surface area contributed by atoms with Gasteiger partial charge in [0.25, 0.3) is 0 Å². The van der Waals surface area contributed by atoms with Crippen LogP contribution in [0.4, 0.5) is 4.39 Å². The molecule has 0 fully saturated rings. The summed E-state index contributed by atoms with van der Waals surface area (Å²) in [4.78, 5) is 0. The van der Waals surface area contributed by atoms with E-state index in [0.717, 1.165) is 31.4 Å². The van der Waals surface area contributed by atoms with E-state index in [1.807, 2.05) is 0 Å². The molecule has 0 bridgehead atoms.